The SMILES string of the molecule is CC(NC(=O)c1ccc2c(c1)nc(Cc1cccs1)n2[C@@H]1CCCC[C@H]1C)C(=O)O. The number of imidazole rings is 1. The van der Waals surface area contributed by atoms with Crippen molar-refractivity contribution in [2.75, 3.05) is 0 Å². The van der Waals surface area contributed by atoms with Gasteiger partial charge in [0.25, 0.3) is 5.91 Å². The van der Waals surface area contributed by atoms with Crippen LogP contribution in [0.15, 0.2) is 35.7 Å². The molecule has 1 aliphatic rings. The molecule has 3 aromatic rings. The number of aromatic nitrogens is 2. The molecule has 1 aliphatic carbocycles. The fraction of sp³-hybridized carbons (Fsp3) is 0.435. The summed E-state index contributed by atoms with van der Waals surface area (Å²) in [5.74, 6) is 0.158. The quantitative estimate of drug-likeness (QED) is 0.602. The summed E-state index contributed by atoms with van der Waals surface area (Å²) in [7, 11) is 0. The van der Waals surface area contributed by atoms with E-state index < -0.39 is 17.9 Å². The Morgan fingerprint density at radius 2 is 2.10 bits per heavy atom. The summed E-state index contributed by atoms with van der Waals surface area (Å²) in [5.41, 5.74) is 2.26. The summed E-state index contributed by atoms with van der Waals surface area (Å²) in [6, 6.07) is 9.16. The van der Waals surface area contributed by atoms with Gasteiger partial charge in [-0.05, 0) is 55.3 Å². The van der Waals surface area contributed by atoms with Crippen molar-refractivity contribution in [3.05, 3.63) is 52.0 Å². The molecule has 1 amide bonds. The maximum atomic E-state index is 12.5. The lowest BCUT2D eigenvalue weighted by Gasteiger charge is -2.31. The summed E-state index contributed by atoms with van der Waals surface area (Å²) in [6.45, 7) is 3.77. The van der Waals surface area contributed by atoms with Crippen LogP contribution in [-0.4, -0.2) is 32.6 Å². The van der Waals surface area contributed by atoms with Crippen LogP contribution in [0.1, 0.15) is 66.6 Å². The number of nitrogens with zero attached hydrogens (tertiary/aromatic N) is 2. The predicted molar refractivity (Wildman–Crippen MR) is 118 cm³/mol. The summed E-state index contributed by atoms with van der Waals surface area (Å²) >= 11 is 1.73. The number of fused-ring (bicyclic) bond motifs is 1. The van der Waals surface area contributed by atoms with E-state index in [-0.39, 0.29) is 0 Å². The molecule has 1 aromatic carbocycles. The lowest BCUT2D eigenvalue weighted by molar-refractivity contribution is -0.138. The number of carbonyl (C=O) groups excluding carboxylic acids is 1. The lowest BCUT2D eigenvalue weighted by atomic mass is 9.85. The first kappa shape index (κ1) is 20.6. The zero-order valence-corrected chi connectivity index (χ0v) is 18.1. The second kappa shape index (κ2) is 8.60. The Balaban J connectivity index is 1.73. The van der Waals surface area contributed by atoms with Crippen molar-refractivity contribution < 1.29 is 14.7 Å². The van der Waals surface area contributed by atoms with Gasteiger partial charge in [0.15, 0.2) is 0 Å². The Labute approximate surface area is 179 Å². The van der Waals surface area contributed by atoms with Gasteiger partial charge in [0.1, 0.15) is 11.9 Å². The number of aliphatic carboxylic acids is 1. The highest BCUT2D eigenvalue weighted by molar-refractivity contribution is 7.09. The average Bonchev–Trinajstić information content (AvgIpc) is 3.35. The number of carbonyl (C=O) groups is 2. The largest absolute Gasteiger partial charge is 0.480 e. The Kier molecular flexibility index (Phi) is 5.90. The first-order valence-electron chi connectivity index (χ1n) is 10.5. The number of benzene rings is 1. The van der Waals surface area contributed by atoms with E-state index in [0.717, 1.165) is 29.7 Å². The van der Waals surface area contributed by atoms with Crippen LogP contribution in [-0.2, 0) is 11.2 Å². The van der Waals surface area contributed by atoms with Gasteiger partial charge in [0.05, 0.1) is 11.0 Å². The minimum Gasteiger partial charge on any atom is -0.480 e. The van der Waals surface area contributed by atoms with Crippen LogP contribution in [0.4, 0.5) is 0 Å². The lowest BCUT2D eigenvalue weighted by Crippen LogP contribution is -2.38. The van der Waals surface area contributed by atoms with Gasteiger partial charge in [-0.2, -0.15) is 0 Å². The molecule has 2 aromatic heterocycles. The number of carboxylic acids is 1. The number of hydrogen-bond donors (Lipinski definition) is 2. The molecule has 30 heavy (non-hydrogen) atoms. The third kappa shape index (κ3) is 4.12. The summed E-state index contributed by atoms with van der Waals surface area (Å²) in [5, 5.41) is 13.6. The molecule has 6 nitrogen and oxygen atoms in total. The van der Waals surface area contributed by atoms with Crippen molar-refractivity contribution in [3.63, 3.8) is 0 Å². The van der Waals surface area contributed by atoms with Gasteiger partial charge in [0, 0.05) is 22.9 Å². The highest BCUT2D eigenvalue weighted by Gasteiger charge is 2.27. The highest BCUT2D eigenvalue weighted by atomic mass is 32.1. The second-order valence-corrected chi connectivity index (χ2v) is 9.25. The third-order valence-corrected chi connectivity index (χ3v) is 6.93. The van der Waals surface area contributed by atoms with Crippen molar-refractivity contribution >= 4 is 34.2 Å². The number of nitrogens with one attached hydrogen (secondary N) is 1. The van der Waals surface area contributed by atoms with Gasteiger partial charge in [-0.25, -0.2) is 4.98 Å². The average molecular weight is 426 g/mol. The smallest absolute Gasteiger partial charge is 0.325 e. The zero-order valence-electron chi connectivity index (χ0n) is 17.3. The van der Waals surface area contributed by atoms with Crippen molar-refractivity contribution in [2.45, 2.75) is 58.0 Å². The molecule has 1 unspecified atom stereocenters. The second-order valence-electron chi connectivity index (χ2n) is 8.22. The molecule has 2 N–H and O–H groups in total. The first-order chi connectivity index (χ1) is 14.4. The van der Waals surface area contributed by atoms with Crippen LogP contribution in [0.3, 0.4) is 0 Å². The molecule has 158 valence electrons. The number of hydrogen-bond acceptors (Lipinski definition) is 4. The topological polar surface area (TPSA) is 84.2 Å². The predicted octanol–water partition coefficient (Wildman–Crippen LogP) is 4.64. The Bertz CT molecular complexity index is 1060. The fourth-order valence-corrected chi connectivity index (χ4v) is 5.08. The molecule has 0 aliphatic heterocycles. The van der Waals surface area contributed by atoms with Crippen LogP contribution in [0.5, 0.6) is 0 Å². The fourth-order valence-electron chi connectivity index (χ4n) is 4.38. The van der Waals surface area contributed by atoms with E-state index in [0.29, 0.717) is 17.5 Å². The minimum absolute atomic E-state index is 0.396. The Hall–Kier alpha value is -2.67. The van der Waals surface area contributed by atoms with Gasteiger partial charge >= 0.3 is 5.97 Å². The van der Waals surface area contributed by atoms with Gasteiger partial charge in [-0.3, -0.25) is 9.59 Å². The number of thiophene rings is 1. The van der Waals surface area contributed by atoms with Crippen LogP contribution in [0.25, 0.3) is 11.0 Å². The molecule has 7 heteroatoms. The van der Waals surface area contributed by atoms with Gasteiger partial charge in [0.2, 0.25) is 0 Å². The molecular formula is C23H27N3O3S. The van der Waals surface area contributed by atoms with Crippen LogP contribution >= 0.6 is 11.3 Å². The highest BCUT2D eigenvalue weighted by Crippen LogP contribution is 2.37. The van der Waals surface area contributed by atoms with Gasteiger partial charge < -0.3 is 15.0 Å². The van der Waals surface area contributed by atoms with Crippen molar-refractivity contribution in [2.24, 2.45) is 5.92 Å². The maximum Gasteiger partial charge on any atom is 0.325 e. The molecular weight excluding hydrogens is 398 g/mol. The van der Waals surface area contributed by atoms with Crippen LogP contribution in [0, 0.1) is 5.92 Å². The Morgan fingerprint density at radius 3 is 2.80 bits per heavy atom. The number of rotatable bonds is 6. The molecule has 4 rings (SSSR count). The first-order valence-corrected chi connectivity index (χ1v) is 11.4. The third-order valence-electron chi connectivity index (χ3n) is 6.05. The van der Waals surface area contributed by atoms with Crippen LogP contribution in [0.2, 0.25) is 0 Å². The molecule has 0 radical (unpaired) electrons. The van der Waals surface area contributed by atoms with E-state index in [1.165, 1.54) is 31.1 Å². The number of amides is 1. The standard InChI is InChI=1S/C23H27N3O3S/c1-14-6-3-4-8-19(14)26-20-10-9-16(22(27)24-15(2)23(28)29)12-18(20)25-21(26)13-17-7-5-11-30-17/h5,7,9-12,14-15,19H,3-4,6,8,13H2,1-2H3,(H,24,27)(H,28,29)/t14-,15?,19-/m1/s1. The normalized spacial score (nSPS) is 20.2. The molecule has 1 saturated carbocycles. The molecule has 0 bridgehead atoms. The molecule has 1 fully saturated rings. The van der Waals surface area contributed by atoms with Gasteiger partial charge in [-0.1, -0.05) is 25.8 Å². The molecule has 0 spiro atoms. The van der Waals surface area contributed by atoms with Crippen LogP contribution < -0.4 is 5.32 Å². The van der Waals surface area contributed by atoms with E-state index in [4.69, 9.17) is 10.1 Å². The summed E-state index contributed by atoms with van der Waals surface area (Å²) in [4.78, 5) is 29.7. The van der Waals surface area contributed by atoms with E-state index in [2.05, 4.69) is 34.3 Å². The molecule has 3 atom stereocenters. The number of carboxylic acid groups (broad SMARTS) is 1. The van der Waals surface area contributed by atoms with Crippen molar-refractivity contribution in [1.29, 1.82) is 0 Å². The maximum absolute atomic E-state index is 12.5. The monoisotopic (exact) mass is 425 g/mol. The van der Waals surface area contributed by atoms with E-state index in [1.807, 2.05) is 6.07 Å². The summed E-state index contributed by atoms with van der Waals surface area (Å²) < 4.78 is 2.39. The summed E-state index contributed by atoms with van der Waals surface area (Å²) in [6.07, 6.45) is 5.63. The molecule has 2 heterocycles. The van der Waals surface area contributed by atoms with E-state index in [1.54, 1.807) is 23.5 Å². The minimum atomic E-state index is -1.06. The van der Waals surface area contributed by atoms with E-state index >= 15 is 0 Å². The molecule has 0 saturated heterocycles. The zero-order chi connectivity index (χ0) is 21.3. The van der Waals surface area contributed by atoms with E-state index in [9.17, 15) is 9.59 Å². The van der Waals surface area contributed by atoms with Crippen molar-refractivity contribution in [3.8, 4) is 0 Å². The van der Waals surface area contributed by atoms with Crippen molar-refractivity contribution in [1.82, 2.24) is 14.9 Å². The van der Waals surface area contributed by atoms with Gasteiger partial charge in [-0.15, -0.1) is 11.3 Å². The Morgan fingerprint density at radius 1 is 1.30 bits per heavy atom.